The van der Waals surface area contributed by atoms with E-state index in [0.29, 0.717) is 16.5 Å². The number of likely N-dealkylation sites (tertiary alicyclic amines) is 1. The van der Waals surface area contributed by atoms with Crippen LogP contribution in [0.25, 0.3) is 10.8 Å². The molecule has 3 rings (SSSR count). The Labute approximate surface area is 123 Å². The first-order valence-electron chi connectivity index (χ1n) is 7.44. The van der Waals surface area contributed by atoms with E-state index < -0.39 is 0 Å². The summed E-state index contributed by atoms with van der Waals surface area (Å²) < 4.78 is 1.26. The summed E-state index contributed by atoms with van der Waals surface area (Å²) in [6, 6.07) is 7.19. The van der Waals surface area contributed by atoms with Crippen LogP contribution in [0.4, 0.5) is 0 Å². The SMILES string of the molecule is Cn1nc(C(=O)N2CCCCCC2)c2ccccc2c1=O. The molecule has 5 nitrogen and oxygen atoms in total. The molecule has 1 fully saturated rings. The molecule has 0 aliphatic carbocycles. The molecule has 1 saturated heterocycles. The highest BCUT2D eigenvalue weighted by Gasteiger charge is 2.22. The fourth-order valence-corrected chi connectivity index (χ4v) is 2.88. The number of nitrogens with zero attached hydrogens (tertiary/aromatic N) is 3. The summed E-state index contributed by atoms with van der Waals surface area (Å²) in [5, 5.41) is 5.42. The van der Waals surface area contributed by atoms with Crippen molar-refractivity contribution in [1.82, 2.24) is 14.7 Å². The van der Waals surface area contributed by atoms with E-state index in [1.165, 1.54) is 17.5 Å². The largest absolute Gasteiger partial charge is 0.337 e. The van der Waals surface area contributed by atoms with Gasteiger partial charge in [0, 0.05) is 25.5 Å². The second kappa shape index (κ2) is 5.68. The molecule has 0 unspecified atom stereocenters. The highest BCUT2D eigenvalue weighted by molar-refractivity contribution is 6.04. The van der Waals surface area contributed by atoms with Crippen molar-refractivity contribution in [1.29, 1.82) is 0 Å². The van der Waals surface area contributed by atoms with E-state index in [2.05, 4.69) is 5.10 Å². The molecule has 2 heterocycles. The third-order valence-electron chi connectivity index (χ3n) is 4.05. The van der Waals surface area contributed by atoms with Crippen LogP contribution in [0.3, 0.4) is 0 Å². The molecule has 0 saturated carbocycles. The molecular weight excluding hydrogens is 266 g/mol. The molecule has 1 aliphatic rings. The number of rotatable bonds is 1. The van der Waals surface area contributed by atoms with Crippen LogP contribution >= 0.6 is 0 Å². The fraction of sp³-hybridized carbons (Fsp3) is 0.438. The van der Waals surface area contributed by atoms with Crippen molar-refractivity contribution in [2.75, 3.05) is 13.1 Å². The van der Waals surface area contributed by atoms with Gasteiger partial charge in [-0.3, -0.25) is 9.59 Å². The van der Waals surface area contributed by atoms with Gasteiger partial charge in [0.05, 0.1) is 5.39 Å². The van der Waals surface area contributed by atoms with Crippen LogP contribution in [0.1, 0.15) is 36.2 Å². The number of aromatic nitrogens is 2. The number of aryl methyl sites for hydroxylation is 1. The highest BCUT2D eigenvalue weighted by atomic mass is 16.2. The summed E-state index contributed by atoms with van der Waals surface area (Å²) in [5.41, 5.74) is 0.215. The van der Waals surface area contributed by atoms with Crippen molar-refractivity contribution >= 4 is 16.7 Å². The molecule has 110 valence electrons. The summed E-state index contributed by atoms with van der Waals surface area (Å²) in [6.07, 6.45) is 4.42. The normalized spacial score (nSPS) is 16.0. The zero-order valence-corrected chi connectivity index (χ0v) is 12.2. The van der Waals surface area contributed by atoms with Gasteiger partial charge in [0.15, 0.2) is 5.69 Å². The molecule has 0 radical (unpaired) electrons. The maximum atomic E-state index is 12.8. The maximum Gasteiger partial charge on any atom is 0.274 e. The van der Waals surface area contributed by atoms with Crippen molar-refractivity contribution in [3.05, 3.63) is 40.3 Å². The molecule has 1 aromatic carbocycles. The number of amides is 1. The number of carbonyl (C=O) groups excluding carboxylic acids is 1. The van der Waals surface area contributed by atoms with Gasteiger partial charge in [-0.05, 0) is 18.9 Å². The lowest BCUT2D eigenvalue weighted by Crippen LogP contribution is -2.34. The predicted molar refractivity (Wildman–Crippen MR) is 81.4 cm³/mol. The molecule has 0 N–H and O–H groups in total. The zero-order valence-electron chi connectivity index (χ0n) is 12.2. The molecule has 5 heteroatoms. The molecule has 1 amide bonds. The second-order valence-corrected chi connectivity index (χ2v) is 5.53. The Morgan fingerprint density at radius 3 is 2.33 bits per heavy atom. The second-order valence-electron chi connectivity index (χ2n) is 5.53. The number of benzene rings is 1. The summed E-state index contributed by atoms with van der Waals surface area (Å²) in [6.45, 7) is 1.55. The third-order valence-corrected chi connectivity index (χ3v) is 4.05. The number of fused-ring (bicyclic) bond motifs is 1. The Hall–Kier alpha value is -2.17. The lowest BCUT2D eigenvalue weighted by molar-refractivity contribution is 0.0755. The lowest BCUT2D eigenvalue weighted by Gasteiger charge is -2.20. The van der Waals surface area contributed by atoms with E-state index in [1.54, 1.807) is 19.2 Å². The maximum absolute atomic E-state index is 12.8. The van der Waals surface area contributed by atoms with Crippen LogP contribution in [0.2, 0.25) is 0 Å². The molecule has 1 aromatic heterocycles. The molecule has 0 bridgehead atoms. The summed E-state index contributed by atoms with van der Waals surface area (Å²) >= 11 is 0. The third kappa shape index (κ3) is 2.55. The van der Waals surface area contributed by atoms with Crippen LogP contribution < -0.4 is 5.56 Å². The Kier molecular flexibility index (Phi) is 3.73. The van der Waals surface area contributed by atoms with Gasteiger partial charge in [-0.25, -0.2) is 4.68 Å². The monoisotopic (exact) mass is 285 g/mol. The van der Waals surface area contributed by atoms with Crippen LogP contribution in [0.5, 0.6) is 0 Å². The van der Waals surface area contributed by atoms with E-state index in [0.717, 1.165) is 25.9 Å². The van der Waals surface area contributed by atoms with Crippen molar-refractivity contribution in [3.63, 3.8) is 0 Å². The van der Waals surface area contributed by atoms with Crippen LogP contribution in [0.15, 0.2) is 29.1 Å². The number of hydrogen-bond acceptors (Lipinski definition) is 3. The van der Waals surface area contributed by atoms with Crippen molar-refractivity contribution < 1.29 is 4.79 Å². The van der Waals surface area contributed by atoms with Gasteiger partial charge in [-0.2, -0.15) is 5.10 Å². The molecule has 0 spiro atoms. The molecular formula is C16H19N3O2. The minimum absolute atomic E-state index is 0.0660. The van der Waals surface area contributed by atoms with Crippen molar-refractivity contribution in [2.24, 2.45) is 7.05 Å². The van der Waals surface area contributed by atoms with Gasteiger partial charge >= 0.3 is 0 Å². The average Bonchev–Trinajstić information content (AvgIpc) is 2.79. The quantitative estimate of drug-likeness (QED) is 0.804. The minimum Gasteiger partial charge on any atom is -0.337 e. The Morgan fingerprint density at radius 2 is 1.67 bits per heavy atom. The number of carbonyl (C=O) groups is 1. The van der Waals surface area contributed by atoms with Gasteiger partial charge in [0.2, 0.25) is 0 Å². The first-order valence-corrected chi connectivity index (χ1v) is 7.44. The number of hydrogen-bond donors (Lipinski definition) is 0. The van der Waals surface area contributed by atoms with Crippen LogP contribution in [-0.2, 0) is 7.05 Å². The van der Waals surface area contributed by atoms with Crippen molar-refractivity contribution in [2.45, 2.75) is 25.7 Å². The van der Waals surface area contributed by atoms with Gasteiger partial charge < -0.3 is 4.90 Å². The minimum atomic E-state index is -0.169. The summed E-state index contributed by atoms with van der Waals surface area (Å²) in [7, 11) is 1.59. The van der Waals surface area contributed by atoms with Crippen LogP contribution in [0, 0.1) is 0 Å². The van der Waals surface area contributed by atoms with E-state index in [-0.39, 0.29) is 11.5 Å². The first kappa shape index (κ1) is 13.8. The molecule has 0 atom stereocenters. The van der Waals surface area contributed by atoms with Gasteiger partial charge in [0.25, 0.3) is 11.5 Å². The van der Waals surface area contributed by atoms with Crippen LogP contribution in [-0.4, -0.2) is 33.7 Å². The Balaban J connectivity index is 2.09. The lowest BCUT2D eigenvalue weighted by atomic mass is 10.1. The topological polar surface area (TPSA) is 55.2 Å². The van der Waals surface area contributed by atoms with Gasteiger partial charge in [-0.1, -0.05) is 31.0 Å². The smallest absolute Gasteiger partial charge is 0.274 e. The van der Waals surface area contributed by atoms with E-state index in [4.69, 9.17) is 0 Å². The first-order chi connectivity index (χ1) is 10.2. The molecule has 1 aliphatic heterocycles. The van der Waals surface area contributed by atoms with Crippen molar-refractivity contribution in [3.8, 4) is 0 Å². The molecule has 21 heavy (non-hydrogen) atoms. The van der Waals surface area contributed by atoms with Gasteiger partial charge in [-0.15, -0.1) is 0 Å². The summed E-state index contributed by atoms with van der Waals surface area (Å²) in [4.78, 5) is 26.8. The van der Waals surface area contributed by atoms with E-state index in [9.17, 15) is 9.59 Å². The highest BCUT2D eigenvalue weighted by Crippen LogP contribution is 2.17. The molecule has 2 aromatic rings. The summed E-state index contributed by atoms with van der Waals surface area (Å²) in [5.74, 6) is -0.0660. The van der Waals surface area contributed by atoms with E-state index >= 15 is 0 Å². The van der Waals surface area contributed by atoms with Gasteiger partial charge in [0.1, 0.15) is 0 Å². The Morgan fingerprint density at radius 1 is 1.05 bits per heavy atom. The fourth-order valence-electron chi connectivity index (χ4n) is 2.88. The standard InChI is InChI=1S/C16H19N3O2/c1-18-15(20)13-9-5-4-8-12(13)14(17-18)16(21)19-10-6-2-3-7-11-19/h4-5,8-9H,2-3,6-7,10-11H2,1H3. The Bertz CT molecular complexity index is 728. The zero-order chi connectivity index (χ0) is 14.8. The van der Waals surface area contributed by atoms with E-state index in [1.807, 2.05) is 17.0 Å². The average molecular weight is 285 g/mol. The predicted octanol–water partition coefficient (Wildman–Crippen LogP) is 1.95.